The van der Waals surface area contributed by atoms with E-state index in [1.807, 2.05) is 0 Å². The van der Waals surface area contributed by atoms with Crippen molar-refractivity contribution < 1.29 is 13.2 Å². The van der Waals surface area contributed by atoms with Gasteiger partial charge in [0.1, 0.15) is 6.04 Å². The van der Waals surface area contributed by atoms with Crippen molar-refractivity contribution in [2.75, 3.05) is 20.1 Å². The van der Waals surface area contributed by atoms with Gasteiger partial charge in [-0.2, -0.15) is 13.2 Å². The van der Waals surface area contributed by atoms with E-state index < -0.39 is 18.3 Å². The molecular weight excluding hydrogens is 169 g/mol. The minimum Gasteiger partial charge on any atom is -0.304 e. The SMILES string of the molecule is CC1C(C(F)(F)F)NCCN1C. The van der Waals surface area contributed by atoms with E-state index >= 15 is 0 Å². The summed E-state index contributed by atoms with van der Waals surface area (Å²) in [7, 11) is 1.71. The lowest BCUT2D eigenvalue weighted by Gasteiger charge is -2.38. The fourth-order valence-corrected chi connectivity index (χ4v) is 1.41. The van der Waals surface area contributed by atoms with E-state index in [0.29, 0.717) is 13.1 Å². The Kier molecular flexibility index (Phi) is 2.63. The van der Waals surface area contributed by atoms with Gasteiger partial charge >= 0.3 is 6.18 Å². The monoisotopic (exact) mass is 182 g/mol. The first-order valence-electron chi connectivity index (χ1n) is 3.93. The van der Waals surface area contributed by atoms with Gasteiger partial charge in [0, 0.05) is 19.1 Å². The number of hydrogen-bond donors (Lipinski definition) is 1. The topological polar surface area (TPSA) is 15.3 Å². The Morgan fingerprint density at radius 2 is 2.00 bits per heavy atom. The van der Waals surface area contributed by atoms with Gasteiger partial charge in [0.05, 0.1) is 0 Å². The van der Waals surface area contributed by atoms with Crippen molar-refractivity contribution in [2.45, 2.75) is 25.2 Å². The van der Waals surface area contributed by atoms with Gasteiger partial charge in [0.2, 0.25) is 0 Å². The molecule has 0 amide bonds. The molecule has 1 N–H and O–H groups in total. The maximum Gasteiger partial charge on any atom is 0.405 e. The van der Waals surface area contributed by atoms with Crippen LogP contribution in [0.3, 0.4) is 0 Å². The molecule has 12 heavy (non-hydrogen) atoms. The fourth-order valence-electron chi connectivity index (χ4n) is 1.41. The number of halogens is 3. The van der Waals surface area contributed by atoms with Gasteiger partial charge in [-0.1, -0.05) is 0 Å². The summed E-state index contributed by atoms with van der Waals surface area (Å²) >= 11 is 0. The smallest absolute Gasteiger partial charge is 0.304 e. The lowest BCUT2D eigenvalue weighted by atomic mass is 10.1. The first-order valence-corrected chi connectivity index (χ1v) is 3.93. The molecule has 1 heterocycles. The average Bonchev–Trinajstić information content (AvgIpc) is 1.92. The summed E-state index contributed by atoms with van der Waals surface area (Å²) in [4.78, 5) is 1.72. The van der Waals surface area contributed by atoms with Crippen molar-refractivity contribution in [2.24, 2.45) is 0 Å². The van der Waals surface area contributed by atoms with Gasteiger partial charge in [0.15, 0.2) is 0 Å². The standard InChI is InChI=1S/C7H13F3N2/c1-5-6(7(8,9)10)11-3-4-12(5)2/h5-6,11H,3-4H2,1-2H3. The lowest BCUT2D eigenvalue weighted by Crippen LogP contribution is -2.61. The first kappa shape index (κ1) is 9.80. The van der Waals surface area contributed by atoms with E-state index in [0.717, 1.165) is 0 Å². The molecule has 0 radical (unpaired) electrons. The minimum atomic E-state index is -4.13. The molecule has 1 rings (SSSR count). The fraction of sp³-hybridized carbons (Fsp3) is 1.00. The van der Waals surface area contributed by atoms with Crippen LogP contribution < -0.4 is 5.32 Å². The minimum absolute atomic E-state index is 0.408. The third kappa shape index (κ3) is 1.90. The van der Waals surface area contributed by atoms with Crippen molar-refractivity contribution >= 4 is 0 Å². The third-order valence-corrected chi connectivity index (χ3v) is 2.36. The van der Waals surface area contributed by atoms with E-state index in [2.05, 4.69) is 5.32 Å². The summed E-state index contributed by atoms with van der Waals surface area (Å²) in [6.07, 6.45) is -4.13. The summed E-state index contributed by atoms with van der Waals surface area (Å²) in [5.41, 5.74) is 0. The van der Waals surface area contributed by atoms with E-state index in [-0.39, 0.29) is 0 Å². The zero-order valence-corrected chi connectivity index (χ0v) is 7.15. The third-order valence-electron chi connectivity index (χ3n) is 2.36. The molecule has 2 unspecified atom stereocenters. The van der Waals surface area contributed by atoms with Crippen LogP contribution in [0.25, 0.3) is 0 Å². The van der Waals surface area contributed by atoms with E-state index in [4.69, 9.17) is 0 Å². The summed E-state index contributed by atoms with van der Waals surface area (Å²) < 4.78 is 36.8. The number of rotatable bonds is 0. The quantitative estimate of drug-likeness (QED) is 0.597. The van der Waals surface area contributed by atoms with Gasteiger partial charge < -0.3 is 10.2 Å². The van der Waals surface area contributed by atoms with E-state index in [1.54, 1.807) is 18.9 Å². The molecule has 1 aliphatic heterocycles. The number of piperazine rings is 1. The number of nitrogens with zero attached hydrogens (tertiary/aromatic N) is 1. The molecule has 0 bridgehead atoms. The molecule has 5 heteroatoms. The molecule has 2 atom stereocenters. The summed E-state index contributed by atoms with van der Waals surface area (Å²) in [5, 5.41) is 2.47. The van der Waals surface area contributed by atoms with Crippen molar-refractivity contribution in [1.82, 2.24) is 10.2 Å². The Hall–Kier alpha value is -0.290. The number of likely N-dealkylation sites (N-methyl/N-ethyl adjacent to an activating group) is 1. The molecule has 72 valence electrons. The highest BCUT2D eigenvalue weighted by Gasteiger charge is 2.45. The maximum absolute atomic E-state index is 12.3. The van der Waals surface area contributed by atoms with Crippen molar-refractivity contribution in [3.8, 4) is 0 Å². The van der Waals surface area contributed by atoms with Crippen LogP contribution in [0.2, 0.25) is 0 Å². The highest BCUT2D eigenvalue weighted by Crippen LogP contribution is 2.25. The Bertz CT molecular complexity index is 157. The number of nitrogens with one attached hydrogen (secondary N) is 1. The molecule has 0 spiro atoms. The molecular formula is C7H13F3N2. The summed E-state index contributed by atoms with van der Waals surface area (Å²) in [6, 6.07) is -1.85. The Balaban J connectivity index is 2.64. The van der Waals surface area contributed by atoms with Gasteiger partial charge in [-0.3, -0.25) is 0 Å². The van der Waals surface area contributed by atoms with Gasteiger partial charge in [-0.05, 0) is 14.0 Å². The zero-order chi connectivity index (χ0) is 9.35. The Morgan fingerprint density at radius 1 is 1.42 bits per heavy atom. The molecule has 1 aliphatic rings. The van der Waals surface area contributed by atoms with Crippen LogP contribution in [0.15, 0.2) is 0 Å². The van der Waals surface area contributed by atoms with Crippen LogP contribution in [0.1, 0.15) is 6.92 Å². The largest absolute Gasteiger partial charge is 0.405 e. The maximum atomic E-state index is 12.3. The number of hydrogen-bond acceptors (Lipinski definition) is 2. The van der Waals surface area contributed by atoms with Crippen LogP contribution in [0.5, 0.6) is 0 Å². The summed E-state index contributed by atoms with van der Waals surface area (Å²) in [5.74, 6) is 0. The predicted octanol–water partition coefficient (Wildman–Crippen LogP) is 0.841. The van der Waals surface area contributed by atoms with Crippen LogP contribution >= 0.6 is 0 Å². The molecule has 0 aromatic carbocycles. The normalized spacial score (nSPS) is 33.8. The number of alkyl halides is 3. The van der Waals surface area contributed by atoms with Crippen LogP contribution in [0, 0.1) is 0 Å². The Morgan fingerprint density at radius 3 is 2.42 bits per heavy atom. The molecule has 0 aromatic rings. The second-order valence-electron chi connectivity index (χ2n) is 3.19. The van der Waals surface area contributed by atoms with E-state index in [9.17, 15) is 13.2 Å². The van der Waals surface area contributed by atoms with Crippen molar-refractivity contribution in [3.05, 3.63) is 0 Å². The highest BCUT2D eigenvalue weighted by molar-refractivity contribution is 4.89. The second-order valence-corrected chi connectivity index (χ2v) is 3.19. The Labute approximate surface area is 69.7 Å². The van der Waals surface area contributed by atoms with E-state index in [1.165, 1.54) is 0 Å². The van der Waals surface area contributed by atoms with Crippen molar-refractivity contribution in [3.63, 3.8) is 0 Å². The predicted molar refractivity (Wildman–Crippen MR) is 39.9 cm³/mol. The van der Waals surface area contributed by atoms with Crippen LogP contribution in [-0.2, 0) is 0 Å². The first-order chi connectivity index (χ1) is 5.43. The van der Waals surface area contributed by atoms with Crippen LogP contribution in [0.4, 0.5) is 13.2 Å². The average molecular weight is 182 g/mol. The summed E-state index contributed by atoms with van der Waals surface area (Å²) in [6.45, 7) is 2.67. The molecule has 0 aromatic heterocycles. The lowest BCUT2D eigenvalue weighted by molar-refractivity contribution is -0.173. The van der Waals surface area contributed by atoms with Crippen molar-refractivity contribution in [1.29, 1.82) is 0 Å². The molecule has 2 nitrogen and oxygen atoms in total. The molecule has 1 fully saturated rings. The second kappa shape index (κ2) is 3.22. The van der Waals surface area contributed by atoms with Gasteiger partial charge in [-0.15, -0.1) is 0 Å². The molecule has 0 aliphatic carbocycles. The highest BCUT2D eigenvalue weighted by atomic mass is 19.4. The zero-order valence-electron chi connectivity index (χ0n) is 7.15. The molecule has 1 saturated heterocycles. The van der Waals surface area contributed by atoms with Gasteiger partial charge in [0.25, 0.3) is 0 Å². The molecule has 0 saturated carbocycles. The van der Waals surface area contributed by atoms with Crippen LogP contribution in [-0.4, -0.2) is 43.3 Å². The van der Waals surface area contributed by atoms with Gasteiger partial charge in [-0.25, -0.2) is 0 Å².